The van der Waals surface area contributed by atoms with E-state index < -0.39 is 0 Å². The molecule has 0 atom stereocenters. The monoisotopic (exact) mass is 352 g/mol. The van der Waals surface area contributed by atoms with Crippen LogP contribution in [0.4, 0.5) is 0 Å². The Kier molecular flexibility index (Phi) is 3.55. The fourth-order valence-corrected chi connectivity index (χ4v) is 4.74. The van der Waals surface area contributed by atoms with E-state index in [1.807, 2.05) is 6.07 Å². The van der Waals surface area contributed by atoms with Crippen molar-refractivity contribution in [3.8, 4) is 0 Å². The second kappa shape index (κ2) is 5.85. The minimum absolute atomic E-state index is 0.414. The molecule has 134 valence electrons. The van der Waals surface area contributed by atoms with Gasteiger partial charge < -0.3 is 4.42 Å². The van der Waals surface area contributed by atoms with Crippen molar-refractivity contribution in [3.05, 3.63) is 71.8 Å². The average molecular weight is 352 g/mol. The molecule has 0 bridgehead atoms. The Balaban J connectivity index is 2.13. The van der Waals surface area contributed by atoms with Crippen LogP contribution in [0.25, 0.3) is 43.5 Å². The molecule has 0 saturated heterocycles. The Labute approximate surface area is 159 Å². The van der Waals surface area contributed by atoms with Crippen LogP contribution in [-0.4, -0.2) is 0 Å². The summed E-state index contributed by atoms with van der Waals surface area (Å²) in [6.45, 7) is 9.16. The molecule has 0 N–H and O–H groups in total. The van der Waals surface area contributed by atoms with Crippen LogP contribution in [0.5, 0.6) is 0 Å². The van der Waals surface area contributed by atoms with Gasteiger partial charge in [0.2, 0.25) is 0 Å². The quantitative estimate of drug-likeness (QED) is 0.292. The highest BCUT2D eigenvalue weighted by atomic mass is 16.3. The summed E-state index contributed by atoms with van der Waals surface area (Å²) in [6, 6.07) is 21.8. The summed E-state index contributed by atoms with van der Waals surface area (Å²) in [6.07, 6.45) is 0. The van der Waals surface area contributed by atoms with Gasteiger partial charge in [0.1, 0.15) is 11.2 Å². The molecule has 5 rings (SSSR count). The first-order chi connectivity index (χ1) is 13.1. The maximum absolute atomic E-state index is 6.44. The van der Waals surface area contributed by atoms with E-state index in [2.05, 4.69) is 82.3 Å². The van der Waals surface area contributed by atoms with Crippen LogP contribution in [0, 0.1) is 0 Å². The van der Waals surface area contributed by atoms with Gasteiger partial charge in [0.05, 0.1) is 0 Å². The largest absolute Gasteiger partial charge is 0.455 e. The molecule has 0 fully saturated rings. The second-order valence-electron chi connectivity index (χ2n) is 8.15. The maximum atomic E-state index is 6.44. The minimum atomic E-state index is 0.414. The SMILES string of the molecule is CC(C)c1c2ccccc2c(C(C)C)c2c1ccc1c3ccccc3oc12. The van der Waals surface area contributed by atoms with E-state index in [1.54, 1.807) is 0 Å². The van der Waals surface area contributed by atoms with Crippen LogP contribution in [0.3, 0.4) is 0 Å². The fraction of sp³-hybridized carbons (Fsp3) is 0.231. The van der Waals surface area contributed by atoms with Gasteiger partial charge in [-0.2, -0.15) is 0 Å². The van der Waals surface area contributed by atoms with Gasteiger partial charge in [-0.25, -0.2) is 0 Å². The third kappa shape index (κ3) is 2.24. The molecular formula is C26H24O. The van der Waals surface area contributed by atoms with E-state index >= 15 is 0 Å². The van der Waals surface area contributed by atoms with Crippen molar-refractivity contribution < 1.29 is 4.42 Å². The standard InChI is InChI=1S/C26H24O/c1-15(2)23-18-10-5-6-11-19(18)24(16(3)4)25-21(23)14-13-20-17-9-7-8-12-22(17)27-26(20)25/h5-16H,1-4H3. The summed E-state index contributed by atoms with van der Waals surface area (Å²) < 4.78 is 6.44. The first kappa shape index (κ1) is 16.4. The van der Waals surface area contributed by atoms with E-state index in [4.69, 9.17) is 4.42 Å². The molecule has 0 amide bonds. The van der Waals surface area contributed by atoms with Crippen LogP contribution in [-0.2, 0) is 0 Å². The molecule has 4 aromatic carbocycles. The van der Waals surface area contributed by atoms with Crippen LogP contribution in [0.1, 0.15) is 50.7 Å². The third-order valence-corrected chi connectivity index (χ3v) is 5.77. The highest BCUT2D eigenvalue weighted by molar-refractivity contribution is 6.20. The highest BCUT2D eigenvalue weighted by Gasteiger charge is 2.21. The van der Waals surface area contributed by atoms with E-state index in [9.17, 15) is 0 Å². The highest BCUT2D eigenvalue weighted by Crippen LogP contribution is 2.44. The number of hydrogen-bond donors (Lipinski definition) is 0. The van der Waals surface area contributed by atoms with Crippen LogP contribution >= 0.6 is 0 Å². The molecule has 0 aliphatic rings. The van der Waals surface area contributed by atoms with Crippen molar-refractivity contribution in [3.63, 3.8) is 0 Å². The molecule has 0 radical (unpaired) electrons. The number of hydrogen-bond acceptors (Lipinski definition) is 1. The summed E-state index contributed by atoms with van der Waals surface area (Å²) in [5, 5.41) is 7.77. The molecular weight excluding hydrogens is 328 g/mol. The summed E-state index contributed by atoms with van der Waals surface area (Å²) >= 11 is 0. The van der Waals surface area contributed by atoms with Crippen molar-refractivity contribution in [1.29, 1.82) is 0 Å². The zero-order chi connectivity index (χ0) is 18.7. The lowest BCUT2D eigenvalue weighted by atomic mass is 9.83. The number of para-hydroxylation sites is 1. The Morgan fingerprint density at radius 2 is 1.11 bits per heavy atom. The third-order valence-electron chi connectivity index (χ3n) is 5.77. The molecule has 1 nitrogen and oxygen atoms in total. The van der Waals surface area contributed by atoms with Crippen molar-refractivity contribution in [2.45, 2.75) is 39.5 Å². The van der Waals surface area contributed by atoms with Gasteiger partial charge >= 0.3 is 0 Å². The van der Waals surface area contributed by atoms with Crippen molar-refractivity contribution in [2.75, 3.05) is 0 Å². The number of rotatable bonds is 2. The molecule has 0 saturated carbocycles. The van der Waals surface area contributed by atoms with Crippen molar-refractivity contribution >= 4 is 43.5 Å². The molecule has 0 aliphatic heterocycles. The van der Waals surface area contributed by atoms with Crippen LogP contribution in [0.15, 0.2) is 65.1 Å². The van der Waals surface area contributed by atoms with Gasteiger partial charge in [-0.3, -0.25) is 0 Å². The molecule has 1 heterocycles. The molecule has 0 spiro atoms. The van der Waals surface area contributed by atoms with E-state index in [0.717, 1.165) is 11.2 Å². The Bertz CT molecular complexity index is 1320. The molecule has 1 heteroatoms. The van der Waals surface area contributed by atoms with Crippen LogP contribution < -0.4 is 0 Å². The molecule has 5 aromatic rings. The van der Waals surface area contributed by atoms with Crippen molar-refractivity contribution in [1.82, 2.24) is 0 Å². The predicted molar refractivity (Wildman–Crippen MR) is 117 cm³/mol. The van der Waals surface area contributed by atoms with Gasteiger partial charge in [0, 0.05) is 16.2 Å². The Morgan fingerprint density at radius 3 is 1.78 bits per heavy atom. The van der Waals surface area contributed by atoms with Gasteiger partial charge in [-0.1, -0.05) is 76.2 Å². The lowest BCUT2D eigenvalue weighted by molar-refractivity contribution is 0.672. The molecule has 0 unspecified atom stereocenters. The second-order valence-corrected chi connectivity index (χ2v) is 8.15. The molecule has 0 aliphatic carbocycles. The van der Waals surface area contributed by atoms with Gasteiger partial charge in [0.15, 0.2) is 0 Å². The molecule has 1 aromatic heterocycles. The summed E-state index contributed by atoms with van der Waals surface area (Å²) in [4.78, 5) is 0. The van der Waals surface area contributed by atoms with E-state index in [1.165, 1.54) is 43.4 Å². The smallest absolute Gasteiger partial charge is 0.143 e. The molecule has 27 heavy (non-hydrogen) atoms. The van der Waals surface area contributed by atoms with Crippen molar-refractivity contribution in [2.24, 2.45) is 0 Å². The first-order valence-corrected chi connectivity index (χ1v) is 9.86. The van der Waals surface area contributed by atoms with Gasteiger partial charge in [0.25, 0.3) is 0 Å². The van der Waals surface area contributed by atoms with E-state index in [0.29, 0.717) is 11.8 Å². The summed E-state index contributed by atoms with van der Waals surface area (Å²) in [5.74, 6) is 0.859. The van der Waals surface area contributed by atoms with Crippen LogP contribution in [0.2, 0.25) is 0 Å². The topological polar surface area (TPSA) is 13.1 Å². The lowest BCUT2D eigenvalue weighted by Crippen LogP contribution is -1.99. The number of benzene rings is 4. The Hall–Kier alpha value is -2.80. The minimum Gasteiger partial charge on any atom is -0.455 e. The number of fused-ring (bicyclic) bond motifs is 6. The first-order valence-electron chi connectivity index (χ1n) is 9.86. The lowest BCUT2D eigenvalue weighted by Gasteiger charge is -2.21. The zero-order valence-corrected chi connectivity index (χ0v) is 16.3. The fourth-order valence-electron chi connectivity index (χ4n) is 4.74. The summed E-state index contributed by atoms with van der Waals surface area (Å²) in [7, 11) is 0. The number of furan rings is 1. The average Bonchev–Trinajstić information content (AvgIpc) is 3.04. The maximum Gasteiger partial charge on any atom is 0.143 e. The van der Waals surface area contributed by atoms with Gasteiger partial charge in [-0.15, -0.1) is 0 Å². The van der Waals surface area contributed by atoms with E-state index in [-0.39, 0.29) is 0 Å². The Morgan fingerprint density at radius 1 is 0.556 bits per heavy atom. The zero-order valence-electron chi connectivity index (χ0n) is 16.3. The predicted octanol–water partition coefficient (Wildman–Crippen LogP) is 8.14. The summed E-state index contributed by atoms with van der Waals surface area (Å²) in [5.41, 5.74) is 4.82. The van der Waals surface area contributed by atoms with Gasteiger partial charge in [-0.05, 0) is 51.3 Å². The normalized spacial score (nSPS) is 12.4.